The summed E-state index contributed by atoms with van der Waals surface area (Å²) in [6.45, 7) is 3.54. The number of aliphatic hydroxyl groups excluding tert-OH is 1. The molecule has 0 aromatic carbocycles. The molecule has 2 rings (SSSR count). The number of nitrogens with two attached hydrogens (primary N) is 1. The molecule has 100 valence electrons. The maximum atomic E-state index is 11.6. The first-order chi connectivity index (χ1) is 7.94. The van der Waals surface area contributed by atoms with Crippen LogP contribution >= 0.6 is 0 Å². The van der Waals surface area contributed by atoms with E-state index in [0.29, 0.717) is 12.5 Å². The van der Waals surface area contributed by atoms with Crippen LogP contribution in [0.3, 0.4) is 0 Å². The number of piperidine rings is 1. The van der Waals surface area contributed by atoms with Gasteiger partial charge in [-0.2, -0.15) is 0 Å². The molecule has 5 nitrogen and oxygen atoms in total. The Labute approximate surface area is 103 Å². The molecule has 0 aromatic heterocycles. The predicted octanol–water partition coefficient (Wildman–Crippen LogP) is -0.796. The smallest absolute Gasteiger partial charge is 0.154 e. The van der Waals surface area contributed by atoms with Gasteiger partial charge in [0.15, 0.2) is 9.84 Å². The average molecular weight is 262 g/mol. The van der Waals surface area contributed by atoms with E-state index in [4.69, 9.17) is 5.73 Å². The van der Waals surface area contributed by atoms with Gasteiger partial charge in [0, 0.05) is 12.6 Å². The highest BCUT2D eigenvalue weighted by molar-refractivity contribution is 7.91. The van der Waals surface area contributed by atoms with Gasteiger partial charge in [0.1, 0.15) is 0 Å². The van der Waals surface area contributed by atoms with Crippen molar-refractivity contribution >= 4 is 9.84 Å². The Morgan fingerprint density at radius 1 is 1.41 bits per heavy atom. The van der Waals surface area contributed by atoms with Crippen LogP contribution in [0.4, 0.5) is 0 Å². The fraction of sp³-hybridized carbons (Fsp3) is 1.00. The number of hydrogen-bond donors (Lipinski definition) is 2. The zero-order valence-corrected chi connectivity index (χ0v) is 11.1. The molecule has 0 bridgehead atoms. The summed E-state index contributed by atoms with van der Waals surface area (Å²) in [4.78, 5) is 2.13. The largest absolute Gasteiger partial charge is 0.390 e. The van der Waals surface area contributed by atoms with Crippen LogP contribution in [0.2, 0.25) is 0 Å². The fourth-order valence-corrected chi connectivity index (χ4v) is 5.00. The quantitative estimate of drug-likeness (QED) is 0.681. The summed E-state index contributed by atoms with van der Waals surface area (Å²) in [6, 6.07) is -0.0481. The van der Waals surface area contributed by atoms with Crippen molar-refractivity contribution in [3.05, 3.63) is 0 Å². The highest BCUT2D eigenvalue weighted by Crippen LogP contribution is 2.29. The van der Waals surface area contributed by atoms with Crippen LogP contribution in [0.15, 0.2) is 0 Å². The SMILES string of the molecule is CC1CCCN(C2CS(=O)(=O)CC2O)C1CN. The molecule has 3 N–H and O–H groups in total. The summed E-state index contributed by atoms with van der Waals surface area (Å²) in [5, 5.41) is 9.91. The number of nitrogens with zero attached hydrogens (tertiary/aromatic N) is 1. The number of aliphatic hydroxyl groups is 1. The minimum atomic E-state index is -3.08. The van der Waals surface area contributed by atoms with E-state index in [1.165, 1.54) is 0 Å². The summed E-state index contributed by atoms with van der Waals surface area (Å²) in [5.41, 5.74) is 5.79. The predicted molar refractivity (Wildman–Crippen MR) is 66.4 cm³/mol. The van der Waals surface area contributed by atoms with Crippen molar-refractivity contribution in [2.45, 2.75) is 38.0 Å². The van der Waals surface area contributed by atoms with Crippen LogP contribution in [-0.4, -0.2) is 61.2 Å². The topological polar surface area (TPSA) is 83.6 Å². The maximum absolute atomic E-state index is 11.6. The Kier molecular flexibility index (Phi) is 3.77. The lowest BCUT2D eigenvalue weighted by Gasteiger charge is -2.43. The van der Waals surface area contributed by atoms with Crippen LogP contribution in [0.25, 0.3) is 0 Å². The van der Waals surface area contributed by atoms with Crippen molar-refractivity contribution in [3.63, 3.8) is 0 Å². The molecule has 0 radical (unpaired) electrons. The number of likely N-dealkylation sites (tertiary alicyclic amines) is 1. The third-order valence-electron chi connectivity index (χ3n) is 4.12. The molecule has 4 unspecified atom stereocenters. The van der Waals surface area contributed by atoms with Crippen molar-refractivity contribution in [1.29, 1.82) is 0 Å². The molecule has 2 aliphatic rings. The van der Waals surface area contributed by atoms with Gasteiger partial charge in [-0.05, 0) is 25.3 Å². The number of hydrogen-bond acceptors (Lipinski definition) is 5. The van der Waals surface area contributed by atoms with E-state index in [1.54, 1.807) is 0 Å². The van der Waals surface area contributed by atoms with Crippen LogP contribution < -0.4 is 5.73 Å². The monoisotopic (exact) mass is 262 g/mol. The molecule has 0 aromatic rings. The van der Waals surface area contributed by atoms with E-state index in [2.05, 4.69) is 11.8 Å². The zero-order chi connectivity index (χ0) is 12.6. The molecule has 0 saturated carbocycles. The summed E-state index contributed by atoms with van der Waals surface area (Å²) in [6.07, 6.45) is 1.44. The molecular formula is C11H22N2O3S. The molecule has 0 amide bonds. The molecule has 2 saturated heterocycles. The highest BCUT2D eigenvalue weighted by atomic mass is 32.2. The standard InChI is InChI=1S/C11H22N2O3S/c1-8-3-2-4-13(9(8)5-12)10-6-17(15,16)7-11(10)14/h8-11,14H,2-7,12H2,1H3. The zero-order valence-electron chi connectivity index (χ0n) is 10.2. The van der Waals surface area contributed by atoms with Gasteiger partial charge >= 0.3 is 0 Å². The molecule has 17 heavy (non-hydrogen) atoms. The van der Waals surface area contributed by atoms with Crippen molar-refractivity contribution in [2.24, 2.45) is 11.7 Å². The fourth-order valence-electron chi connectivity index (χ4n) is 3.19. The van der Waals surface area contributed by atoms with Crippen LogP contribution in [0.5, 0.6) is 0 Å². The van der Waals surface area contributed by atoms with Gasteiger partial charge in [-0.25, -0.2) is 8.42 Å². The molecule has 4 atom stereocenters. The summed E-state index contributed by atoms with van der Waals surface area (Å²) in [7, 11) is -3.08. The maximum Gasteiger partial charge on any atom is 0.154 e. The lowest BCUT2D eigenvalue weighted by molar-refractivity contribution is 0.0164. The average Bonchev–Trinajstić information content (AvgIpc) is 2.51. The van der Waals surface area contributed by atoms with E-state index in [-0.39, 0.29) is 23.6 Å². The van der Waals surface area contributed by atoms with E-state index in [9.17, 15) is 13.5 Å². The minimum absolute atomic E-state index is 0.0807. The molecule has 2 fully saturated rings. The Bertz CT molecular complexity index is 371. The Balaban J connectivity index is 2.15. The van der Waals surface area contributed by atoms with Crippen molar-refractivity contribution in [2.75, 3.05) is 24.6 Å². The first kappa shape index (κ1) is 13.3. The number of sulfone groups is 1. The van der Waals surface area contributed by atoms with Crippen molar-refractivity contribution < 1.29 is 13.5 Å². The van der Waals surface area contributed by atoms with E-state index in [0.717, 1.165) is 19.4 Å². The molecule has 6 heteroatoms. The van der Waals surface area contributed by atoms with Crippen molar-refractivity contribution in [3.8, 4) is 0 Å². The van der Waals surface area contributed by atoms with Gasteiger partial charge < -0.3 is 10.8 Å². The lowest BCUT2D eigenvalue weighted by Crippen LogP contribution is -2.56. The van der Waals surface area contributed by atoms with Crippen LogP contribution in [-0.2, 0) is 9.84 Å². The van der Waals surface area contributed by atoms with Gasteiger partial charge in [0.25, 0.3) is 0 Å². The van der Waals surface area contributed by atoms with Gasteiger partial charge in [0.2, 0.25) is 0 Å². The second kappa shape index (κ2) is 4.84. The molecular weight excluding hydrogens is 240 g/mol. The van der Waals surface area contributed by atoms with Gasteiger partial charge in [-0.1, -0.05) is 6.92 Å². The lowest BCUT2D eigenvalue weighted by atomic mass is 9.89. The van der Waals surface area contributed by atoms with Crippen molar-refractivity contribution in [1.82, 2.24) is 4.90 Å². The molecule has 2 aliphatic heterocycles. The Morgan fingerprint density at radius 3 is 2.65 bits per heavy atom. The second-order valence-corrected chi connectivity index (χ2v) is 7.53. The third-order valence-corrected chi connectivity index (χ3v) is 5.82. The van der Waals surface area contributed by atoms with Gasteiger partial charge in [-0.15, -0.1) is 0 Å². The van der Waals surface area contributed by atoms with Crippen LogP contribution in [0.1, 0.15) is 19.8 Å². The summed E-state index contributed by atoms with van der Waals surface area (Å²) >= 11 is 0. The second-order valence-electron chi connectivity index (χ2n) is 5.37. The van der Waals surface area contributed by atoms with E-state index >= 15 is 0 Å². The summed E-state index contributed by atoms with van der Waals surface area (Å²) < 4.78 is 23.1. The van der Waals surface area contributed by atoms with E-state index < -0.39 is 15.9 Å². The number of rotatable bonds is 2. The molecule has 0 spiro atoms. The van der Waals surface area contributed by atoms with Gasteiger partial charge in [-0.3, -0.25) is 4.90 Å². The molecule has 0 aliphatic carbocycles. The Morgan fingerprint density at radius 2 is 2.12 bits per heavy atom. The Hall–Kier alpha value is -0.170. The first-order valence-corrected chi connectivity index (χ1v) is 8.11. The summed E-state index contributed by atoms with van der Waals surface area (Å²) in [5.74, 6) is 0.460. The highest BCUT2D eigenvalue weighted by Gasteiger charge is 2.43. The minimum Gasteiger partial charge on any atom is -0.390 e. The van der Waals surface area contributed by atoms with Gasteiger partial charge in [0.05, 0.1) is 23.7 Å². The molecule has 2 heterocycles. The normalized spacial score (nSPS) is 42.8. The first-order valence-electron chi connectivity index (χ1n) is 6.29. The third kappa shape index (κ3) is 2.65. The van der Waals surface area contributed by atoms with Crippen LogP contribution in [0, 0.1) is 5.92 Å². The van der Waals surface area contributed by atoms with E-state index in [1.807, 2.05) is 0 Å².